The van der Waals surface area contributed by atoms with Crippen LogP contribution in [0.1, 0.15) is 38.4 Å². The molecule has 0 aromatic carbocycles. The lowest BCUT2D eigenvalue weighted by Crippen LogP contribution is -2.58. The van der Waals surface area contributed by atoms with Gasteiger partial charge in [0.05, 0.1) is 6.10 Å². The Hall–Kier alpha value is -1.20. The Morgan fingerprint density at radius 3 is 2.80 bits per heavy atom. The van der Waals surface area contributed by atoms with Gasteiger partial charge in [-0.05, 0) is 32.4 Å². The van der Waals surface area contributed by atoms with E-state index in [-0.39, 0.29) is 5.41 Å². The van der Waals surface area contributed by atoms with Gasteiger partial charge >= 0.3 is 0 Å². The van der Waals surface area contributed by atoms with Crippen molar-refractivity contribution >= 4 is 23.0 Å². The number of aromatic nitrogens is 1. The van der Waals surface area contributed by atoms with Crippen LogP contribution in [-0.4, -0.2) is 28.7 Å². The molecule has 1 aromatic heterocycles. The van der Waals surface area contributed by atoms with E-state index in [4.69, 9.17) is 22.7 Å². The summed E-state index contributed by atoms with van der Waals surface area (Å²) in [6, 6.07) is 4.18. The van der Waals surface area contributed by atoms with Gasteiger partial charge < -0.3 is 15.8 Å². The van der Waals surface area contributed by atoms with Gasteiger partial charge in [-0.25, -0.2) is 4.98 Å². The normalized spacial score (nSPS) is 24.0. The van der Waals surface area contributed by atoms with E-state index < -0.39 is 0 Å². The fourth-order valence-electron chi connectivity index (χ4n) is 2.68. The Balaban J connectivity index is 2.10. The number of thiocarbonyl (C=S) groups is 1. The molecule has 2 unspecified atom stereocenters. The number of hydrogen-bond donors (Lipinski definition) is 2. The number of hydrogen-bond acceptors (Lipinski definition) is 4. The lowest BCUT2D eigenvalue weighted by molar-refractivity contribution is -0.0976. The molecule has 4 nitrogen and oxygen atoms in total. The minimum absolute atomic E-state index is 0.102. The average Bonchev–Trinajstić information content (AvgIpc) is 2.37. The highest BCUT2D eigenvalue weighted by atomic mass is 32.1. The number of nitrogens with one attached hydrogen (secondary N) is 1. The quantitative estimate of drug-likeness (QED) is 0.817. The fraction of sp³-hybridized carbons (Fsp3) is 0.600. The average molecular weight is 293 g/mol. The third-order valence-corrected chi connectivity index (χ3v) is 4.34. The SMILES string of the molecule is CCOC1CC(Nc2cc(C(N)=S)cc(C)n2)C1(C)C. The second kappa shape index (κ2) is 5.66. The van der Waals surface area contributed by atoms with E-state index in [0.717, 1.165) is 30.1 Å². The molecule has 0 amide bonds. The molecule has 5 heteroatoms. The van der Waals surface area contributed by atoms with Gasteiger partial charge in [-0.3, -0.25) is 0 Å². The highest BCUT2D eigenvalue weighted by Gasteiger charge is 2.49. The summed E-state index contributed by atoms with van der Waals surface area (Å²) in [5.74, 6) is 0.834. The maximum absolute atomic E-state index is 5.75. The molecule has 2 rings (SSSR count). The molecular weight excluding hydrogens is 270 g/mol. The maximum Gasteiger partial charge on any atom is 0.127 e. The summed E-state index contributed by atoms with van der Waals surface area (Å²) in [6.45, 7) is 9.18. The number of anilines is 1. The van der Waals surface area contributed by atoms with Gasteiger partial charge in [0.1, 0.15) is 10.8 Å². The molecule has 1 heterocycles. The number of rotatable bonds is 5. The van der Waals surface area contributed by atoms with Crippen LogP contribution < -0.4 is 11.1 Å². The van der Waals surface area contributed by atoms with Crippen LogP contribution in [0, 0.1) is 12.3 Å². The molecule has 0 radical (unpaired) electrons. The molecule has 0 saturated heterocycles. The molecule has 1 saturated carbocycles. The van der Waals surface area contributed by atoms with Crippen molar-refractivity contribution in [3.8, 4) is 0 Å². The van der Waals surface area contributed by atoms with Crippen molar-refractivity contribution in [2.24, 2.45) is 11.1 Å². The maximum atomic E-state index is 5.75. The van der Waals surface area contributed by atoms with Crippen molar-refractivity contribution in [3.63, 3.8) is 0 Å². The van der Waals surface area contributed by atoms with Crippen molar-refractivity contribution in [1.82, 2.24) is 4.98 Å². The van der Waals surface area contributed by atoms with E-state index >= 15 is 0 Å². The largest absolute Gasteiger partial charge is 0.389 e. The monoisotopic (exact) mass is 293 g/mol. The molecule has 1 aliphatic carbocycles. The molecule has 2 atom stereocenters. The molecular formula is C15H23N3OS. The molecule has 0 spiro atoms. The number of nitrogens with two attached hydrogens (primary N) is 1. The molecule has 1 aromatic rings. The minimum atomic E-state index is 0.102. The van der Waals surface area contributed by atoms with Gasteiger partial charge in [-0.1, -0.05) is 26.1 Å². The van der Waals surface area contributed by atoms with E-state index in [1.807, 2.05) is 26.0 Å². The van der Waals surface area contributed by atoms with Gasteiger partial charge in [-0.15, -0.1) is 0 Å². The molecule has 1 fully saturated rings. The third kappa shape index (κ3) is 2.94. The van der Waals surface area contributed by atoms with Gasteiger partial charge in [0.2, 0.25) is 0 Å². The fourth-order valence-corrected chi connectivity index (χ4v) is 2.80. The van der Waals surface area contributed by atoms with Crippen LogP contribution in [0.25, 0.3) is 0 Å². The summed E-state index contributed by atoms with van der Waals surface area (Å²) in [4.78, 5) is 4.91. The van der Waals surface area contributed by atoms with Crippen molar-refractivity contribution in [2.75, 3.05) is 11.9 Å². The number of nitrogens with zero attached hydrogens (tertiary/aromatic N) is 1. The smallest absolute Gasteiger partial charge is 0.127 e. The predicted molar refractivity (Wildman–Crippen MR) is 86.1 cm³/mol. The molecule has 0 aliphatic heterocycles. The predicted octanol–water partition coefficient (Wildman–Crippen LogP) is 2.64. The first kappa shape index (κ1) is 15.2. The lowest BCUT2D eigenvalue weighted by Gasteiger charge is -2.51. The summed E-state index contributed by atoms with van der Waals surface area (Å²) >= 11 is 5.04. The van der Waals surface area contributed by atoms with E-state index in [0.29, 0.717) is 17.1 Å². The summed E-state index contributed by atoms with van der Waals surface area (Å²) in [7, 11) is 0. The van der Waals surface area contributed by atoms with Crippen molar-refractivity contribution < 1.29 is 4.74 Å². The Kier molecular flexibility index (Phi) is 4.30. The Morgan fingerprint density at radius 1 is 1.55 bits per heavy atom. The summed E-state index contributed by atoms with van der Waals surface area (Å²) in [5, 5.41) is 3.49. The molecule has 0 bridgehead atoms. The van der Waals surface area contributed by atoms with E-state index in [1.54, 1.807) is 0 Å². The first-order valence-electron chi connectivity index (χ1n) is 7.01. The Labute approximate surface area is 126 Å². The van der Waals surface area contributed by atoms with Gasteiger partial charge in [-0.2, -0.15) is 0 Å². The van der Waals surface area contributed by atoms with Crippen molar-refractivity contribution in [2.45, 2.75) is 46.3 Å². The van der Waals surface area contributed by atoms with Gasteiger partial charge in [0.25, 0.3) is 0 Å². The Morgan fingerprint density at radius 2 is 2.25 bits per heavy atom. The van der Waals surface area contributed by atoms with Crippen LogP contribution in [0.5, 0.6) is 0 Å². The van der Waals surface area contributed by atoms with Crippen LogP contribution in [0.3, 0.4) is 0 Å². The Bertz CT molecular complexity index is 516. The van der Waals surface area contributed by atoms with Crippen LogP contribution in [0.4, 0.5) is 5.82 Å². The standard InChI is InChI=1S/C15H23N3OS/c1-5-19-12-8-11(15(12,3)4)18-13-7-10(14(16)20)6-9(2)17-13/h6-7,11-12H,5,8H2,1-4H3,(H2,16,20)(H,17,18). The van der Waals surface area contributed by atoms with E-state index in [9.17, 15) is 0 Å². The number of pyridine rings is 1. The zero-order valence-electron chi connectivity index (χ0n) is 12.6. The first-order valence-corrected chi connectivity index (χ1v) is 7.42. The van der Waals surface area contributed by atoms with E-state index in [1.165, 1.54) is 0 Å². The van der Waals surface area contributed by atoms with Crippen LogP contribution in [0.2, 0.25) is 0 Å². The molecule has 20 heavy (non-hydrogen) atoms. The first-order chi connectivity index (χ1) is 9.34. The molecule has 3 N–H and O–H groups in total. The zero-order chi connectivity index (χ0) is 14.9. The van der Waals surface area contributed by atoms with Crippen molar-refractivity contribution in [1.29, 1.82) is 0 Å². The molecule has 1 aliphatic rings. The number of ether oxygens (including phenoxy) is 1. The topological polar surface area (TPSA) is 60.2 Å². The lowest BCUT2D eigenvalue weighted by atomic mass is 9.64. The highest BCUT2D eigenvalue weighted by molar-refractivity contribution is 7.80. The van der Waals surface area contributed by atoms with Gasteiger partial charge in [0.15, 0.2) is 0 Å². The van der Waals surface area contributed by atoms with Gasteiger partial charge in [0, 0.05) is 29.3 Å². The van der Waals surface area contributed by atoms with E-state index in [2.05, 4.69) is 24.1 Å². The second-order valence-corrected chi connectivity index (χ2v) is 6.38. The van der Waals surface area contributed by atoms with Crippen LogP contribution in [0.15, 0.2) is 12.1 Å². The second-order valence-electron chi connectivity index (χ2n) is 5.94. The summed E-state index contributed by atoms with van der Waals surface area (Å²) in [5.41, 5.74) is 7.57. The third-order valence-electron chi connectivity index (χ3n) is 4.11. The summed E-state index contributed by atoms with van der Waals surface area (Å²) < 4.78 is 5.75. The van der Waals surface area contributed by atoms with Crippen molar-refractivity contribution in [3.05, 3.63) is 23.4 Å². The van der Waals surface area contributed by atoms with Crippen LogP contribution in [-0.2, 0) is 4.74 Å². The van der Waals surface area contributed by atoms with Crippen LogP contribution >= 0.6 is 12.2 Å². The summed E-state index contributed by atoms with van der Waals surface area (Å²) in [6.07, 6.45) is 1.31. The minimum Gasteiger partial charge on any atom is -0.389 e. The molecule has 110 valence electrons. The zero-order valence-corrected chi connectivity index (χ0v) is 13.4. The highest BCUT2D eigenvalue weighted by Crippen LogP contribution is 2.44. The number of aryl methyl sites for hydroxylation is 1.